The summed E-state index contributed by atoms with van der Waals surface area (Å²) in [5, 5.41) is 2.92. The Morgan fingerprint density at radius 2 is 2.06 bits per heavy atom. The van der Waals surface area contributed by atoms with Crippen LogP contribution < -0.4 is 11.1 Å². The minimum atomic E-state index is -0.859. The van der Waals surface area contributed by atoms with Crippen LogP contribution in [0, 0.1) is 0 Å². The molecule has 1 unspecified atom stereocenters. The molecule has 0 aliphatic heterocycles. The highest BCUT2D eigenvalue weighted by Crippen LogP contribution is 2.10. The zero-order chi connectivity index (χ0) is 12.6. The molecule has 0 aromatic heterocycles. The van der Waals surface area contributed by atoms with Gasteiger partial charge in [0.25, 0.3) is 0 Å². The molecule has 104 valence electrons. The number of halogens is 1. The topological polar surface area (TPSA) is 76.7 Å². The summed E-state index contributed by atoms with van der Waals surface area (Å²) in [5.41, 5.74) is 5.59. The summed E-state index contributed by atoms with van der Waals surface area (Å²) in [4.78, 5) is 4.03. The monoisotopic (exact) mass is 377 g/mol. The van der Waals surface area contributed by atoms with Crippen molar-refractivity contribution in [1.29, 1.82) is 0 Å². The van der Waals surface area contributed by atoms with E-state index in [4.69, 9.17) is 10.5 Å². The lowest BCUT2D eigenvalue weighted by Crippen LogP contribution is -2.37. The molecule has 3 N–H and O–H groups in total. The van der Waals surface area contributed by atoms with Gasteiger partial charge in [0.05, 0.1) is 13.2 Å². The lowest BCUT2D eigenvalue weighted by atomic mass is 10.3. The Kier molecular flexibility index (Phi) is 11.5. The van der Waals surface area contributed by atoms with Gasteiger partial charge in [0, 0.05) is 35.0 Å². The average Bonchev–Trinajstić information content (AvgIpc) is 2.16. The van der Waals surface area contributed by atoms with Gasteiger partial charge in [0.2, 0.25) is 0 Å². The lowest BCUT2D eigenvalue weighted by molar-refractivity contribution is 0.208. The molecule has 0 amide bonds. The molecule has 0 spiro atoms. The summed E-state index contributed by atoms with van der Waals surface area (Å²) in [6.07, 6.45) is 0. The highest BCUT2D eigenvalue weighted by atomic mass is 127. The molecule has 0 saturated heterocycles. The molecule has 0 rings (SSSR count). The predicted octanol–water partition coefficient (Wildman–Crippen LogP) is 0.702. The Morgan fingerprint density at radius 3 is 2.53 bits per heavy atom. The first-order valence-corrected chi connectivity index (χ1v) is 6.61. The first-order valence-electron chi connectivity index (χ1n) is 5.29. The van der Waals surface area contributed by atoms with Crippen LogP contribution in [0.3, 0.4) is 0 Å². The number of guanidine groups is 1. The molecular weight excluding hydrogens is 353 g/mol. The molecule has 1 atom stereocenters. The van der Waals surface area contributed by atoms with Gasteiger partial charge < -0.3 is 15.8 Å². The van der Waals surface area contributed by atoms with Crippen LogP contribution in [0.2, 0.25) is 0 Å². The fourth-order valence-electron chi connectivity index (χ4n) is 0.891. The molecule has 0 radical (unpaired) electrons. The van der Waals surface area contributed by atoms with Crippen LogP contribution in [0.5, 0.6) is 0 Å². The van der Waals surface area contributed by atoms with Gasteiger partial charge in [-0.15, -0.1) is 24.0 Å². The third-order valence-electron chi connectivity index (χ3n) is 1.85. The standard InChI is InChI=1S/C10H23N3O2S.HI/c1-10(2,3)16(14)8-6-13-9(11)12-5-7-15-4;/h5-8H2,1-4H3,(H3,11,12,13);1H. The van der Waals surface area contributed by atoms with Crippen LogP contribution in [0.25, 0.3) is 0 Å². The number of nitrogens with one attached hydrogen (secondary N) is 1. The van der Waals surface area contributed by atoms with Gasteiger partial charge in [-0.25, -0.2) is 0 Å². The number of rotatable bonds is 6. The average molecular weight is 377 g/mol. The van der Waals surface area contributed by atoms with Crippen molar-refractivity contribution < 1.29 is 8.95 Å². The maximum absolute atomic E-state index is 11.7. The van der Waals surface area contributed by atoms with Crippen LogP contribution in [-0.4, -0.2) is 47.5 Å². The van der Waals surface area contributed by atoms with Gasteiger partial charge in [0.15, 0.2) is 5.96 Å². The van der Waals surface area contributed by atoms with E-state index in [9.17, 15) is 4.21 Å². The van der Waals surface area contributed by atoms with E-state index < -0.39 is 10.8 Å². The van der Waals surface area contributed by atoms with Gasteiger partial charge in [-0.1, -0.05) is 0 Å². The molecule has 0 aromatic rings. The van der Waals surface area contributed by atoms with Crippen molar-refractivity contribution in [3.05, 3.63) is 0 Å². The second-order valence-electron chi connectivity index (χ2n) is 4.35. The van der Waals surface area contributed by atoms with E-state index in [1.54, 1.807) is 7.11 Å². The Hall–Kier alpha value is 0.110. The number of nitrogens with zero attached hydrogens (tertiary/aromatic N) is 1. The molecule has 0 aromatic carbocycles. The van der Waals surface area contributed by atoms with Crippen molar-refractivity contribution in [2.45, 2.75) is 25.5 Å². The highest BCUT2D eigenvalue weighted by Gasteiger charge is 2.18. The van der Waals surface area contributed by atoms with Gasteiger partial charge >= 0.3 is 0 Å². The molecule has 17 heavy (non-hydrogen) atoms. The Morgan fingerprint density at radius 1 is 1.47 bits per heavy atom. The molecule has 0 aliphatic carbocycles. The van der Waals surface area contributed by atoms with Crippen LogP contribution in [0.15, 0.2) is 4.99 Å². The van der Waals surface area contributed by atoms with E-state index >= 15 is 0 Å². The predicted molar refractivity (Wildman–Crippen MR) is 84.5 cm³/mol. The SMILES string of the molecule is COCCN=C(N)NCCS(=O)C(C)(C)C.I. The molecule has 0 aliphatic rings. The third-order valence-corrected chi connectivity index (χ3v) is 3.80. The molecule has 7 heteroatoms. The number of hydrogen-bond acceptors (Lipinski definition) is 3. The van der Waals surface area contributed by atoms with E-state index in [2.05, 4.69) is 10.3 Å². The van der Waals surface area contributed by atoms with E-state index in [1.165, 1.54) is 0 Å². The maximum Gasteiger partial charge on any atom is 0.188 e. The lowest BCUT2D eigenvalue weighted by Gasteiger charge is -2.17. The van der Waals surface area contributed by atoms with Crippen molar-refractivity contribution in [3.63, 3.8) is 0 Å². The number of aliphatic imine (C=N–C) groups is 1. The molecule has 0 fully saturated rings. The number of nitrogens with two attached hydrogens (primary N) is 1. The van der Waals surface area contributed by atoms with Crippen LogP contribution in [0.1, 0.15) is 20.8 Å². The van der Waals surface area contributed by atoms with Crippen molar-refractivity contribution >= 4 is 40.7 Å². The van der Waals surface area contributed by atoms with Gasteiger partial charge in [0.1, 0.15) is 0 Å². The van der Waals surface area contributed by atoms with Crippen molar-refractivity contribution in [3.8, 4) is 0 Å². The molecule has 5 nitrogen and oxygen atoms in total. The smallest absolute Gasteiger partial charge is 0.188 e. The van der Waals surface area contributed by atoms with E-state index in [0.29, 0.717) is 31.4 Å². The first kappa shape index (κ1) is 19.4. The largest absolute Gasteiger partial charge is 0.383 e. The van der Waals surface area contributed by atoms with Crippen molar-refractivity contribution in [2.75, 3.05) is 32.6 Å². The normalized spacial score (nSPS) is 14.0. The highest BCUT2D eigenvalue weighted by molar-refractivity contribution is 14.0. The minimum absolute atomic E-state index is 0. The second kappa shape index (κ2) is 10.1. The van der Waals surface area contributed by atoms with Crippen LogP contribution in [0.4, 0.5) is 0 Å². The summed E-state index contributed by atoms with van der Waals surface area (Å²) in [7, 11) is 0.758. The third kappa shape index (κ3) is 11.0. The molecular formula is C10H24IN3O2S. The zero-order valence-electron chi connectivity index (χ0n) is 11.0. The summed E-state index contributed by atoms with van der Waals surface area (Å²) in [6.45, 7) is 7.54. The second-order valence-corrected chi connectivity index (χ2v) is 6.67. The van der Waals surface area contributed by atoms with Gasteiger partial charge in [-0.3, -0.25) is 9.20 Å². The van der Waals surface area contributed by atoms with Crippen LogP contribution in [-0.2, 0) is 15.5 Å². The summed E-state index contributed by atoms with van der Waals surface area (Å²) in [6, 6.07) is 0. The van der Waals surface area contributed by atoms with Gasteiger partial charge in [-0.05, 0) is 20.8 Å². The molecule has 0 bridgehead atoms. The fourth-order valence-corrected chi connectivity index (χ4v) is 1.79. The van der Waals surface area contributed by atoms with Crippen molar-refractivity contribution in [1.82, 2.24) is 5.32 Å². The Bertz CT molecular complexity index is 254. The van der Waals surface area contributed by atoms with E-state index in [0.717, 1.165) is 0 Å². The molecule has 0 heterocycles. The van der Waals surface area contributed by atoms with E-state index in [1.807, 2.05) is 20.8 Å². The zero-order valence-corrected chi connectivity index (χ0v) is 14.1. The summed E-state index contributed by atoms with van der Waals surface area (Å²) >= 11 is 0. The fraction of sp³-hybridized carbons (Fsp3) is 0.900. The first-order chi connectivity index (χ1) is 7.38. The van der Waals surface area contributed by atoms with Gasteiger partial charge in [-0.2, -0.15) is 0 Å². The summed E-state index contributed by atoms with van der Waals surface area (Å²) < 4.78 is 16.3. The Balaban J connectivity index is 0. The number of hydrogen-bond donors (Lipinski definition) is 2. The summed E-state index contributed by atoms with van der Waals surface area (Å²) in [5.74, 6) is 0.951. The van der Waals surface area contributed by atoms with Crippen LogP contribution >= 0.6 is 24.0 Å². The van der Waals surface area contributed by atoms with E-state index in [-0.39, 0.29) is 28.7 Å². The van der Waals surface area contributed by atoms with Crippen molar-refractivity contribution in [2.24, 2.45) is 10.7 Å². The minimum Gasteiger partial charge on any atom is -0.383 e. The number of ether oxygens (including phenoxy) is 1. The maximum atomic E-state index is 11.7. The number of methoxy groups -OCH3 is 1. The molecule has 0 saturated carbocycles. The Labute approximate surface area is 123 Å². The quantitative estimate of drug-likeness (QED) is 0.309.